The third-order valence-corrected chi connectivity index (χ3v) is 4.93. The van der Waals surface area contributed by atoms with Crippen LogP contribution >= 0.6 is 0 Å². The van der Waals surface area contributed by atoms with Crippen molar-refractivity contribution < 1.29 is 0 Å². The van der Waals surface area contributed by atoms with E-state index in [1.165, 1.54) is 38.5 Å². The second-order valence-corrected chi connectivity index (χ2v) is 5.97. The van der Waals surface area contributed by atoms with Crippen LogP contribution in [0.4, 0.5) is 11.6 Å². The van der Waals surface area contributed by atoms with Crippen LogP contribution in [0.25, 0.3) is 0 Å². The zero-order valence-electron chi connectivity index (χ0n) is 12.3. The fourth-order valence-electron chi connectivity index (χ4n) is 3.99. The number of hydrazine groups is 1. The Morgan fingerprint density at radius 3 is 2.75 bits per heavy atom. The molecule has 110 valence electrons. The second kappa shape index (κ2) is 5.95. The molecule has 5 nitrogen and oxygen atoms in total. The summed E-state index contributed by atoms with van der Waals surface area (Å²) in [4.78, 5) is 11.4. The molecule has 0 aromatic carbocycles. The van der Waals surface area contributed by atoms with Crippen LogP contribution in [0.15, 0.2) is 6.33 Å². The van der Waals surface area contributed by atoms with Gasteiger partial charge in [-0.25, -0.2) is 15.8 Å². The number of hydrogen-bond acceptors (Lipinski definition) is 5. The Balaban J connectivity index is 1.90. The van der Waals surface area contributed by atoms with Crippen LogP contribution in [0.2, 0.25) is 0 Å². The van der Waals surface area contributed by atoms with Gasteiger partial charge in [-0.2, -0.15) is 0 Å². The summed E-state index contributed by atoms with van der Waals surface area (Å²) in [5.74, 6) is 8.32. The molecule has 1 unspecified atom stereocenters. The number of aromatic nitrogens is 2. The van der Waals surface area contributed by atoms with Crippen LogP contribution in [-0.2, 0) is 6.42 Å². The van der Waals surface area contributed by atoms with Gasteiger partial charge in [0.1, 0.15) is 18.0 Å². The molecule has 2 aliphatic rings. The molecule has 1 atom stereocenters. The molecule has 0 amide bonds. The topological polar surface area (TPSA) is 67.1 Å². The van der Waals surface area contributed by atoms with E-state index in [0.717, 1.165) is 36.1 Å². The SMILES string of the molecule is CCc1c(NN)ncnc1N1CCCC1C1CCCC1. The van der Waals surface area contributed by atoms with Crippen molar-refractivity contribution in [2.45, 2.75) is 57.9 Å². The molecule has 1 aliphatic carbocycles. The zero-order valence-corrected chi connectivity index (χ0v) is 12.3. The van der Waals surface area contributed by atoms with E-state index in [1.807, 2.05) is 0 Å². The number of anilines is 2. The maximum atomic E-state index is 5.59. The van der Waals surface area contributed by atoms with E-state index in [4.69, 9.17) is 5.84 Å². The largest absolute Gasteiger partial charge is 0.353 e. The third kappa shape index (κ3) is 2.35. The van der Waals surface area contributed by atoms with E-state index in [9.17, 15) is 0 Å². The summed E-state index contributed by atoms with van der Waals surface area (Å²) in [5, 5.41) is 0. The van der Waals surface area contributed by atoms with E-state index in [-0.39, 0.29) is 0 Å². The molecule has 3 N–H and O–H groups in total. The number of nitrogens with zero attached hydrogens (tertiary/aromatic N) is 3. The minimum atomic E-state index is 0.670. The van der Waals surface area contributed by atoms with Crippen LogP contribution in [-0.4, -0.2) is 22.6 Å². The average Bonchev–Trinajstić information content (AvgIpc) is 3.16. The van der Waals surface area contributed by atoms with Crippen molar-refractivity contribution in [3.63, 3.8) is 0 Å². The molecule has 0 bridgehead atoms. The standard InChI is InChI=1S/C15H25N5/c1-2-12-14(19-16)17-10-18-15(12)20-9-5-8-13(20)11-6-3-4-7-11/h10-11,13H,2-9,16H2,1H3,(H,17,18,19). The monoisotopic (exact) mass is 275 g/mol. The number of nitrogens with one attached hydrogen (secondary N) is 1. The van der Waals surface area contributed by atoms with Gasteiger partial charge in [0, 0.05) is 18.2 Å². The van der Waals surface area contributed by atoms with Gasteiger partial charge in [0.2, 0.25) is 0 Å². The summed E-state index contributed by atoms with van der Waals surface area (Å²) >= 11 is 0. The quantitative estimate of drug-likeness (QED) is 0.653. The van der Waals surface area contributed by atoms with Crippen LogP contribution in [0, 0.1) is 5.92 Å². The van der Waals surface area contributed by atoms with E-state index in [0.29, 0.717) is 6.04 Å². The molecule has 1 saturated heterocycles. The number of hydrogen-bond donors (Lipinski definition) is 2. The first-order valence-electron chi connectivity index (χ1n) is 7.92. The molecular weight excluding hydrogens is 250 g/mol. The van der Waals surface area contributed by atoms with Crippen molar-refractivity contribution in [3.8, 4) is 0 Å². The van der Waals surface area contributed by atoms with E-state index >= 15 is 0 Å². The summed E-state index contributed by atoms with van der Waals surface area (Å²) in [5.41, 5.74) is 3.87. The molecule has 20 heavy (non-hydrogen) atoms. The third-order valence-electron chi connectivity index (χ3n) is 4.93. The minimum Gasteiger partial charge on any atom is -0.353 e. The normalized spacial score (nSPS) is 23.5. The van der Waals surface area contributed by atoms with Gasteiger partial charge in [0.25, 0.3) is 0 Å². The van der Waals surface area contributed by atoms with Crippen LogP contribution in [0.5, 0.6) is 0 Å². The predicted octanol–water partition coefficient (Wildman–Crippen LogP) is 2.48. The van der Waals surface area contributed by atoms with Crippen molar-refractivity contribution in [1.29, 1.82) is 0 Å². The molecular formula is C15H25N5. The van der Waals surface area contributed by atoms with Crippen molar-refractivity contribution in [3.05, 3.63) is 11.9 Å². The number of nitrogens with two attached hydrogens (primary N) is 1. The van der Waals surface area contributed by atoms with Gasteiger partial charge < -0.3 is 10.3 Å². The highest BCUT2D eigenvalue weighted by atomic mass is 15.3. The summed E-state index contributed by atoms with van der Waals surface area (Å²) in [6.45, 7) is 3.26. The molecule has 0 spiro atoms. The van der Waals surface area contributed by atoms with Crippen molar-refractivity contribution >= 4 is 11.6 Å². The molecule has 5 heteroatoms. The molecule has 1 aromatic rings. The van der Waals surface area contributed by atoms with E-state index in [1.54, 1.807) is 6.33 Å². The van der Waals surface area contributed by atoms with E-state index < -0.39 is 0 Å². The summed E-state index contributed by atoms with van der Waals surface area (Å²) in [7, 11) is 0. The lowest BCUT2D eigenvalue weighted by molar-refractivity contribution is 0.428. The smallest absolute Gasteiger partial charge is 0.148 e. The Bertz CT molecular complexity index is 456. The minimum absolute atomic E-state index is 0.670. The van der Waals surface area contributed by atoms with Gasteiger partial charge >= 0.3 is 0 Å². The van der Waals surface area contributed by atoms with Crippen LogP contribution in [0.3, 0.4) is 0 Å². The molecule has 0 radical (unpaired) electrons. The Labute approximate surface area is 120 Å². The van der Waals surface area contributed by atoms with Gasteiger partial charge in [-0.15, -0.1) is 0 Å². The van der Waals surface area contributed by atoms with Crippen LogP contribution < -0.4 is 16.2 Å². The summed E-state index contributed by atoms with van der Waals surface area (Å²) in [6.07, 6.45) is 10.7. The first-order valence-corrected chi connectivity index (χ1v) is 7.92. The van der Waals surface area contributed by atoms with Crippen molar-refractivity contribution in [2.75, 3.05) is 16.9 Å². The Hall–Kier alpha value is -1.36. The van der Waals surface area contributed by atoms with Crippen molar-refractivity contribution in [2.24, 2.45) is 11.8 Å². The van der Waals surface area contributed by atoms with Gasteiger partial charge in [-0.1, -0.05) is 19.8 Å². The predicted molar refractivity (Wildman–Crippen MR) is 81.5 cm³/mol. The molecule has 1 saturated carbocycles. The lowest BCUT2D eigenvalue weighted by Gasteiger charge is -2.32. The fourth-order valence-corrected chi connectivity index (χ4v) is 3.99. The zero-order chi connectivity index (χ0) is 13.9. The number of nitrogen functional groups attached to an aromatic ring is 1. The first-order chi connectivity index (χ1) is 9.85. The van der Waals surface area contributed by atoms with Gasteiger partial charge in [-0.3, -0.25) is 0 Å². The maximum absolute atomic E-state index is 5.59. The average molecular weight is 275 g/mol. The first kappa shape index (κ1) is 13.6. The van der Waals surface area contributed by atoms with Crippen molar-refractivity contribution in [1.82, 2.24) is 9.97 Å². The summed E-state index contributed by atoms with van der Waals surface area (Å²) in [6, 6.07) is 0.670. The van der Waals surface area contributed by atoms with Crippen LogP contribution in [0.1, 0.15) is 51.0 Å². The molecule has 3 rings (SSSR count). The molecule has 1 aromatic heterocycles. The Morgan fingerprint density at radius 2 is 2.05 bits per heavy atom. The highest BCUT2D eigenvalue weighted by molar-refractivity contribution is 5.59. The van der Waals surface area contributed by atoms with Gasteiger partial charge in [-0.05, 0) is 38.0 Å². The highest BCUT2D eigenvalue weighted by Gasteiger charge is 2.35. The highest BCUT2D eigenvalue weighted by Crippen LogP contribution is 2.38. The Kier molecular flexibility index (Phi) is 4.05. The number of rotatable bonds is 4. The second-order valence-electron chi connectivity index (χ2n) is 5.97. The van der Waals surface area contributed by atoms with Gasteiger partial charge in [0.05, 0.1) is 0 Å². The molecule has 1 aliphatic heterocycles. The fraction of sp³-hybridized carbons (Fsp3) is 0.733. The lowest BCUT2D eigenvalue weighted by atomic mass is 9.96. The molecule has 2 heterocycles. The summed E-state index contributed by atoms with van der Waals surface area (Å²) < 4.78 is 0. The lowest BCUT2D eigenvalue weighted by Crippen LogP contribution is -2.36. The maximum Gasteiger partial charge on any atom is 0.148 e. The van der Waals surface area contributed by atoms with E-state index in [2.05, 4.69) is 27.2 Å². The van der Waals surface area contributed by atoms with Gasteiger partial charge in [0.15, 0.2) is 0 Å². The Morgan fingerprint density at radius 1 is 1.25 bits per heavy atom. The molecule has 2 fully saturated rings.